The van der Waals surface area contributed by atoms with Crippen molar-refractivity contribution in [2.75, 3.05) is 18.8 Å². The molecule has 4 heteroatoms. The van der Waals surface area contributed by atoms with Crippen molar-refractivity contribution in [1.29, 1.82) is 0 Å². The number of carbonyl (C=O) groups excluding carboxylic acids is 1. The number of nitrogens with zero attached hydrogens (tertiary/aromatic N) is 1. The Morgan fingerprint density at radius 2 is 2.17 bits per heavy atom. The van der Waals surface area contributed by atoms with Crippen LogP contribution in [-0.2, 0) is 4.79 Å². The van der Waals surface area contributed by atoms with Crippen LogP contribution in [0, 0.1) is 23.2 Å². The van der Waals surface area contributed by atoms with Gasteiger partial charge in [0, 0.05) is 25.6 Å². The minimum atomic E-state index is 0.225. The van der Waals surface area contributed by atoms with Crippen molar-refractivity contribution < 1.29 is 4.79 Å². The van der Waals surface area contributed by atoms with Crippen molar-refractivity contribution in [1.82, 2.24) is 4.90 Å². The summed E-state index contributed by atoms with van der Waals surface area (Å²) in [5.41, 5.74) is 6.58. The van der Waals surface area contributed by atoms with E-state index in [1.54, 1.807) is 0 Å². The first-order chi connectivity index (χ1) is 8.35. The third kappa shape index (κ3) is 2.55. The molecule has 2 aliphatic rings. The Bertz CT molecular complexity index is 332. The average molecular weight is 270 g/mol. The fourth-order valence-electron chi connectivity index (χ4n) is 3.79. The molecule has 0 aromatic rings. The van der Waals surface area contributed by atoms with Crippen LogP contribution in [-0.4, -0.2) is 35.7 Å². The number of carbonyl (C=O) groups is 1. The number of rotatable bonds is 3. The van der Waals surface area contributed by atoms with Crippen molar-refractivity contribution >= 4 is 18.5 Å². The Morgan fingerprint density at radius 1 is 1.50 bits per heavy atom. The van der Waals surface area contributed by atoms with Gasteiger partial charge in [-0.1, -0.05) is 20.8 Å². The quantitative estimate of drug-likeness (QED) is 0.768. The maximum atomic E-state index is 12.0. The maximum Gasteiger partial charge on any atom is 0.222 e. The molecule has 4 atom stereocenters. The third-order valence-corrected chi connectivity index (χ3v) is 5.46. The second kappa shape index (κ2) is 5.04. The van der Waals surface area contributed by atoms with Crippen LogP contribution in [0.25, 0.3) is 0 Å². The Balaban J connectivity index is 2.03. The predicted octanol–water partition coefficient (Wildman–Crippen LogP) is 1.77. The van der Waals surface area contributed by atoms with Crippen molar-refractivity contribution in [3.8, 4) is 0 Å². The lowest BCUT2D eigenvalue weighted by Gasteiger charge is -2.33. The number of nitrogens with two attached hydrogens (primary N) is 1. The van der Waals surface area contributed by atoms with Crippen LogP contribution in [0.15, 0.2) is 0 Å². The zero-order chi connectivity index (χ0) is 13.5. The van der Waals surface area contributed by atoms with E-state index in [-0.39, 0.29) is 17.4 Å². The highest BCUT2D eigenvalue weighted by Gasteiger charge is 2.46. The molecule has 0 bridgehead atoms. The first-order valence-electron chi connectivity index (χ1n) is 6.99. The maximum absolute atomic E-state index is 12.0. The van der Waals surface area contributed by atoms with Crippen LogP contribution in [0.3, 0.4) is 0 Å². The van der Waals surface area contributed by atoms with Gasteiger partial charge in [-0.05, 0) is 35.3 Å². The fourth-order valence-corrected chi connectivity index (χ4v) is 4.04. The molecule has 0 radical (unpaired) electrons. The van der Waals surface area contributed by atoms with Gasteiger partial charge in [0.1, 0.15) is 0 Å². The molecule has 4 unspecified atom stereocenters. The van der Waals surface area contributed by atoms with E-state index in [2.05, 4.69) is 33.4 Å². The standard InChI is InChI=1S/C14H26N2OS/c1-9-5-14(2,3)11(13(9)15)7-16-6-10(8-18)4-12(16)17/h9-11,13,18H,4-8,15H2,1-3H3. The molecular weight excluding hydrogens is 244 g/mol. The molecule has 0 aromatic heterocycles. The Labute approximate surface area is 116 Å². The van der Waals surface area contributed by atoms with Crippen LogP contribution in [0.2, 0.25) is 0 Å². The van der Waals surface area contributed by atoms with Crippen molar-refractivity contribution in [2.24, 2.45) is 28.9 Å². The van der Waals surface area contributed by atoms with Crippen LogP contribution < -0.4 is 5.73 Å². The number of amides is 1. The molecule has 0 aromatic carbocycles. The number of hydrogen-bond donors (Lipinski definition) is 2. The smallest absolute Gasteiger partial charge is 0.222 e. The fraction of sp³-hybridized carbons (Fsp3) is 0.929. The van der Waals surface area contributed by atoms with Gasteiger partial charge in [0.2, 0.25) is 5.91 Å². The molecule has 1 heterocycles. The largest absolute Gasteiger partial charge is 0.342 e. The summed E-state index contributed by atoms with van der Waals surface area (Å²) >= 11 is 4.31. The molecule has 3 nitrogen and oxygen atoms in total. The summed E-state index contributed by atoms with van der Waals surface area (Å²) in [5, 5.41) is 0. The van der Waals surface area contributed by atoms with Crippen LogP contribution in [0.1, 0.15) is 33.6 Å². The molecule has 1 saturated heterocycles. The van der Waals surface area contributed by atoms with Gasteiger partial charge in [-0.15, -0.1) is 0 Å². The zero-order valence-electron chi connectivity index (χ0n) is 11.7. The van der Waals surface area contributed by atoms with Gasteiger partial charge in [-0.3, -0.25) is 4.79 Å². The Morgan fingerprint density at radius 3 is 2.61 bits per heavy atom. The molecular formula is C14H26N2OS. The molecule has 18 heavy (non-hydrogen) atoms. The third-order valence-electron chi connectivity index (χ3n) is 4.94. The van der Waals surface area contributed by atoms with Gasteiger partial charge in [-0.2, -0.15) is 12.6 Å². The minimum Gasteiger partial charge on any atom is -0.342 e. The van der Waals surface area contributed by atoms with Gasteiger partial charge in [0.05, 0.1) is 0 Å². The van der Waals surface area contributed by atoms with Gasteiger partial charge in [0.15, 0.2) is 0 Å². The van der Waals surface area contributed by atoms with Crippen LogP contribution >= 0.6 is 12.6 Å². The van der Waals surface area contributed by atoms with E-state index in [1.165, 1.54) is 0 Å². The molecule has 2 fully saturated rings. The molecule has 1 aliphatic carbocycles. The summed E-state index contributed by atoms with van der Waals surface area (Å²) in [6.45, 7) is 8.52. The summed E-state index contributed by atoms with van der Waals surface area (Å²) in [6, 6.07) is 0.225. The number of hydrogen-bond acceptors (Lipinski definition) is 3. The van der Waals surface area contributed by atoms with Crippen molar-refractivity contribution in [2.45, 2.75) is 39.7 Å². The summed E-state index contributed by atoms with van der Waals surface area (Å²) in [6.07, 6.45) is 1.83. The monoisotopic (exact) mass is 270 g/mol. The zero-order valence-corrected chi connectivity index (χ0v) is 12.6. The predicted molar refractivity (Wildman–Crippen MR) is 77.6 cm³/mol. The lowest BCUT2D eigenvalue weighted by Crippen LogP contribution is -2.43. The summed E-state index contributed by atoms with van der Waals surface area (Å²) in [4.78, 5) is 14.0. The second-order valence-corrected chi connectivity index (χ2v) is 7.27. The minimum absolute atomic E-state index is 0.225. The van der Waals surface area contributed by atoms with E-state index in [1.807, 2.05) is 4.90 Å². The summed E-state index contributed by atoms with van der Waals surface area (Å²) in [7, 11) is 0. The average Bonchev–Trinajstić information content (AvgIpc) is 2.72. The molecule has 1 aliphatic heterocycles. The lowest BCUT2D eigenvalue weighted by atomic mass is 9.80. The first kappa shape index (κ1) is 14.2. The molecule has 1 saturated carbocycles. The molecule has 2 rings (SSSR count). The molecule has 0 spiro atoms. The highest BCUT2D eigenvalue weighted by Crippen LogP contribution is 2.45. The van der Waals surface area contributed by atoms with Gasteiger partial charge in [0.25, 0.3) is 0 Å². The number of likely N-dealkylation sites (tertiary alicyclic amines) is 1. The van der Waals surface area contributed by atoms with Crippen LogP contribution in [0.4, 0.5) is 0 Å². The summed E-state index contributed by atoms with van der Waals surface area (Å²) in [5.74, 6) is 2.51. The first-order valence-corrected chi connectivity index (χ1v) is 7.62. The van der Waals surface area contributed by atoms with E-state index in [0.29, 0.717) is 24.2 Å². The van der Waals surface area contributed by atoms with E-state index in [4.69, 9.17) is 5.73 Å². The van der Waals surface area contributed by atoms with Gasteiger partial charge < -0.3 is 10.6 Å². The van der Waals surface area contributed by atoms with Crippen molar-refractivity contribution in [3.63, 3.8) is 0 Å². The van der Waals surface area contributed by atoms with E-state index in [9.17, 15) is 4.79 Å². The summed E-state index contributed by atoms with van der Waals surface area (Å²) < 4.78 is 0. The Kier molecular flexibility index (Phi) is 3.98. The van der Waals surface area contributed by atoms with Crippen molar-refractivity contribution in [3.05, 3.63) is 0 Å². The molecule has 2 N–H and O–H groups in total. The van der Waals surface area contributed by atoms with E-state index >= 15 is 0 Å². The second-order valence-electron chi connectivity index (χ2n) is 6.91. The van der Waals surface area contributed by atoms with Gasteiger partial charge in [-0.25, -0.2) is 0 Å². The Hall–Kier alpha value is -0.220. The topological polar surface area (TPSA) is 46.3 Å². The normalized spacial score (nSPS) is 39.6. The lowest BCUT2D eigenvalue weighted by molar-refractivity contribution is -0.128. The van der Waals surface area contributed by atoms with Gasteiger partial charge >= 0.3 is 0 Å². The number of thiol groups is 1. The van der Waals surface area contributed by atoms with Crippen LogP contribution in [0.5, 0.6) is 0 Å². The highest BCUT2D eigenvalue weighted by atomic mass is 32.1. The molecule has 1 amide bonds. The highest BCUT2D eigenvalue weighted by molar-refractivity contribution is 7.80. The SMILES string of the molecule is CC1CC(C)(C)C(CN2CC(CS)CC2=O)C1N. The molecule has 104 valence electrons. The van der Waals surface area contributed by atoms with E-state index in [0.717, 1.165) is 25.3 Å². The van der Waals surface area contributed by atoms with E-state index < -0.39 is 0 Å².